The van der Waals surface area contributed by atoms with Gasteiger partial charge in [-0.3, -0.25) is 19.1 Å². The largest absolute Gasteiger partial charge is 0.497 e. The van der Waals surface area contributed by atoms with Crippen LogP contribution in [-0.4, -0.2) is 129 Å². The van der Waals surface area contributed by atoms with Crippen LogP contribution < -0.4 is 29.7 Å². The number of allylic oxidation sites excluding steroid dienone is 1. The average molecular weight is 860 g/mol. The second-order valence-corrected chi connectivity index (χ2v) is 19.8. The fraction of sp³-hybridized carbons (Fsp3) is 0.523. The van der Waals surface area contributed by atoms with Gasteiger partial charge in [0.1, 0.15) is 35.1 Å². The van der Waals surface area contributed by atoms with Crippen LogP contribution in [0.25, 0.3) is 22.0 Å². The first-order valence-corrected chi connectivity index (χ1v) is 22.4. The van der Waals surface area contributed by atoms with Crippen molar-refractivity contribution in [3.05, 3.63) is 60.7 Å². The molecular formula is C44H57N7O9S. The summed E-state index contributed by atoms with van der Waals surface area (Å²) < 4.78 is 45.8. The number of fused-ring (bicyclic) bond motifs is 3. The number of hydrogen-bond acceptors (Lipinski definition) is 12. The van der Waals surface area contributed by atoms with Crippen LogP contribution >= 0.6 is 0 Å². The van der Waals surface area contributed by atoms with Gasteiger partial charge in [0.25, 0.3) is 5.91 Å². The van der Waals surface area contributed by atoms with Crippen molar-refractivity contribution in [2.45, 2.75) is 93.9 Å². The van der Waals surface area contributed by atoms with Gasteiger partial charge in [-0.2, -0.15) is 0 Å². The quantitative estimate of drug-likeness (QED) is 0.263. The van der Waals surface area contributed by atoms with Gasteiger partial charge in [0, 0.05) is 49.6 Å². The van der Waals surface area contributed by atoms with Crippen molar-refractivity contribution in [3.8, 4) is 22.9 Å². The Hall–Kier alpha value is -5.42. The first-order valence-electron chi connectivity index (χ1n) is 20.8. The molecule has 2 saturated carbocycles. The van der Waals surface area contributed by atoms with Crippen LogP contribution in [0.1, 0.15) is 59.3 Å². The number of carbonyl (C=O) groups excluding carboxylic acids is 4. The van der Waals surface area contributed by atoms with E-state index in [1.54, 1.807) is 27.9 Å². The summed E-state index contributed by atoms with van der Waals surface area (Å²) in [5, 5.41) is 6.60. The van der Waals surface area contributed by atoms with Crippen molar-refractivity contribution in [2.24, 2.45) is 5.92 Å². The van der Waals surface area contributed by atoms with Crippen LogP contribution in [0.3, 0.4) is 0 Å². The lowest BCUT2D eigenvalue weighted by atomic mass is 10.1. The van der Waals surface area contributed by atoms with Crippen molar-refractivity contribution < 1.29 is 41.8 Å². The SMILES string of the molecule is COc1ccc(-c2cc3cc(N(C)C)ccc3c(O[C@@H]3C[C@H]4C(=O)N[C@]5(C(=O)NS(=O)(=O)C6CC6)C[C@H]5/C=C\CCCN(C)C[C@H](NC(=O)OC(C)(C)C)C(=O)N4C3)n2)cc1. The number of benzene rings is 2. The van der Waals surface area contributed by atoms with Gasteiger partial charge in [0.2, 0.25) is 27.7 Å². The van der Waals surface area contributed by atoms with E-state index < -0.39 is 74.3 Å². The number of alkyl carbamates (subject to hydrolysis) is 1. The number of methoxy groups -OCH3 is 1. The third kappa shape index (κ3) is 10.0. The molecule has 3 heterocycles. The number of likely N-dealkylation sites (N-methyl/N-ethyl adjacent to an activating group) is 1. The van der Waals surface area contributed by atoms with Gasteiger partial charge in [0.05, 0.1) is 24.6 Å². The van der Waals surface area contributed by atoms with Crippen LogP contribution in [0, 0.1) is 5.92 Å². The molecule has 1 aromatic heterocycles. The molecule has 16 nitrogen and oxygen atoms in total. The number of pyridine rings is 1. The lowest BCUT2D eigenvalue weighted by molar-refractivity contribution is -0.141. The molecule has 5 atom stereocenters. The predicted octanol–water partition coefficient (Wildman–Crippen LogP) is 3.98. The Kier molecular flexibility index (Phi) is 12.3. The molecule has 3 N–H and O–H groups in total. The highest BCUT2D eigenvalue weighted by atomic mass is 32.2. The Balaban J connectivity index is 1.25. The zero-order valence-corrected chi connectivity index (χ0v) is 36.7. The van der Waals surface area contributed by atoms with E-state index in [-0.39, 0.29) is 25.9 Å². The van der Waals surface area contributed by atoms with E-state index in [1.165, 1.54) is 4.90 Å². The molecule has 0 spiro atoms. The Bertz CT molecular complexity index is 2310. The minimum absolute atomic E-state index is 0.0108. The smallest absolute Gasteiger partial charge is 0.408 e. The van der Waals surface area contributed by atoms with Crippen LogP contribution in [0.15, 0.2) is 60.7 Å². The standard InChI is InChI=1S/C44H57N7O9S/c1-43(2,3)60-42(55)46-36-26-50(6)20-10-8-9-11-29-24-44(29,41(54)48-61(56,57)33-17-18-33)47-38(52)37-23-32(25-51(37)40(36)53)59-39-34-19-14-30(49(4)5)21-28(34)22-35(45-39)27-12-15-31(58-7)16-13-27/h9,11-16,19,21-22,29,32-33,36-37H,8,10,17-18,20,23-26H2,1-7H3,(H,46,55)(H,47,52)(H,48,54)/b11-9-/t29-,32-,36+,37+,44-/m1/s1. The summed E-state index contributed by atoms with van der Waals surface area (Å²) in [5.41, 5.74) is 0.0325. The number of aromatic nitrogens is 1. The van der Waals surface area contributed by atoms with Gasteiger partial charge < -0.3 is 39.5 Å². The fourth-order valence-electron chi connectivity index (χ4n) is 7.97. The van der Waals surface area contributed by atoms with E-state index >= 15 is 0 Å². The number of hydrogen-bond donors (Lipinski definition) is 3. The third-order valence-electron chi connectivity index (χ3n) is 11.5. The van der Waals surface area contributed by atoms with E-state index in [9.17, 15) is 27.6 Å². The van der Waals surface area contributed by atoms with E-state index in [1.807, 2.05) is 91.6 Å². The topological polar surface area (TPSA) is 189 Å². The second kappa shape index (κ2) is 17.2. The van der Waals surface area contributed by atoms with Crippen molar-refractivity contribution >= 4 is 50.3 Å². The van der Waals surface area contributed by atoms with Crippen molar-refractivity contribution in [2.75, 3.05) is 52.8 Å². The zero-order chi connectivity index (χ0) is 43.9. The van der Waals surface area contributed by atoms with E-state index in [4.69, 9.17) is 19.2 Å². The summed E-state index contributed by atoms with van der Waals surface area (Å²) in [4.78, 5) is 66.9. The maximum absolute atomic E-state index is 14.8. The number of ether oxygens (including phenoxy) is 3. The summed E-state index contributed by atoms with van der Waals surface area (Å²) in [6, 6.07) is 13.1. The monoisotopic (exact) mass is 859 g/mol. The summed E-state index contributed by atoms with van der Waals surface area (Å²) in [5.74, 6) is -1.46. The highest BCUT2D eigenvalue weighted by Crippen LogP contribution is 2.46. The highest BCUT2D eigenvalue weighted by molar-refractivity contribution is 7.91. The second-order valence-electron chi connectivity index (χ2n) is 17.8. The normalized spacial score (nSPS) is 25.5. The number of nitrogens with one attached hydrogen (secondary N) is 3. The van der Waals surface area contributed by atoms with E-state index in [0.717, 1.165) is 16.6 Å². The number of sulfonamides is 1. The molecule has 1 saturated heterocycles. The predicted molar refractivity (Wildman–Crippen MR) is 231 cm³/mol. The lowest BCUT2D eigenvalue weighted by Crippen LogP contribution is -2.59. The minimum atomic E-state index is -3.92. The van der Waals surface area contributed by atoms with Gasteiger partial charge in [-0.25, -0.2) is 18.2 Å². The summed E-state index contributed by atoms with van der Waals surface area (Å²) in [6.07, 6.45) is 4.69. The molecule has 7 rings (SSSR count). The summed E-state index contributed by atoms with van der Waals surface area (Å²) >= 11 is 0. The fourth-order valence-corrected chi connectivity index (χ4v) is 9.33. The molecule has 0 radical (unpaired) electrons. The van der Waals surface area contributed by atoms with Gasteiger partial charge >= 0.3 is 6.09 Å². The van der Waals surface area contributed by atoms with E-state index in [2.05, 4.69) is 15.4 Å². The number of anilines is 1. The Morgan fingerprint density at radius 2 is 1.77 bits per heavy atom. The maximum atomic E-state index is 14.8. The maximum Gasteiger partial charge on any atom is 0.408 e. The third-order valence-corrected chi connectivity index (χ3v) is 13.4. The molecule has 61 heavy (non-hydrogen) atoms. The van der Waals surface area contributed by atoms with Crippen molar-refractivity contribution in [1.29, 1.82) is 0 Å². The zero-order valence-electron chi connectivity index (χ0n) is 35.9. The van der Waals surface area contributed by atoms with Gasteiger partial charge in [-0.1, -0.05) is 12.2 Å². The minimum Gasteiger partial charge on any atom is -0.497 e. The Morgan fingerprint density at radius 1 is 1.03 bits per heavy atom. The average Bonchev–Trinajstić information content (AvgIpc) is 4.13. The molecule has 4 aliphatic rings. The molecule has 2 aliphatic carbocycles. The van der Waals surface area contributed by atoms with Gasteiger partial charge in [-0.05, 0) is 120 Å². The van der Waals surface area contributed by atoms with Crippen LogP contribution in [0.4, 0.5) is 10.5 Å². The van der Waals surface area contributed by atoms with Crippen LogP contribution in [0.5, 0.6) is 11.6 Å². The molecule has 2 aromatic carbocycles. The number of carbonyl (C=O) groups is 4. The van der Waals surface area contributed by atoms with Crippen LogP contribution in [-0.2, 0) is 29.1 Å². The molecular weight excluding hydrogens is 803 g/mol. The van der Waals surface area contributed by atoms with Crippen LogP contribution in [0.2, 0.25) is 0 Å². The molecule has 0 bridgehead atoms. The van der Waals surface area contributed by atoms with Crippen molar-refractivity contribution in [3.63, 3.8) is 0 Å². The summed E-state index contributed by atoms with van der Waals surface area (Å²) in [7, 11) is 3.43. The molecule has 2 aliphatic heterocycles. The number of amides is 4. The summed E-state index contributed by atoms with van der Waals surface area (Å²) in [6.45, 7) is 5.81. The Labute approximate surface area is 357 Å². The van der Waals surface area contributed by atoms with Gasteiger partial charge in [0.15, 0.2) is 0 Å². The Morgan fingerprint density at radius 3 is 2.44 bits per heavy atom. The van der Waals surface area contributed by atoms with Gasteiger partial charge in [-0.15, -0.1) is 0 Å². The molecule has 4 amide bonds. The number of rotatable bonds is 9. The first kappa shape index (κ1) is 43.7. The molecule has 3 aromatic rings. The molecule has 17 heteroatoms. The van der Waals surface area contributed by atoms with E-state index in [0.29, 0.717) is 54.9 Å². The molecule has 0 unspecified atom stereocenters. The number of nitrogens with zero attached hydrogens (tertiary/aromatic N) is 4. The van der Waals surface area contributed by atoms with Crippen molar-refractivity contribution in [1.82, 2.24) is 30.1 Å². The highest BCUT2D eigenvalue weighted by Gasteiger charge is 2.62. The molecule has 328 valence electrons. The first-order chi connectivity index (χ1) is 28.9. The molecule has 3 fully saturated rings. The lowest BCUT2D eigenvalue weighted by Gasteiger charge is -2.32.